The molecule has 0 spiro atoms. The average Bonchev–Trinajstić information content (AvgIpc) is 2.36. The molecule has 7 heteroatoms. The van der Waals surface area contributed by atoms with Gasteiger partial charge in [0.2, 0.25) is 0 Å². The summed E-state index contributed by atoms with van der Waals surface area (Å²) in [7, 11) is 2.40. The molecule has 1 aromatic rings. The summed E-state index contributed by atoms with van der Waals surface area (Å²) >= 11 is 11.7. The number of hydrogen-bond donors (Lipinski definition) is 1. The van der Waals surface area contributed by atoms with Crippen molar-refractivity contribution in [2.45, 2.75) is 0 Å². The van der Waals surface area contributed by atoms with E-state index >= 15 is 0 Å². The Morgan fingerprint density at radius 1 is 1.26 bits per heavy atom. The van der Waals surface area contributed by atoms with Crippen molar-refractivity contribution in [1.82, 2.24) is 0 Å². The fourth-order valence-corrected chi connectivity index (χ4v) is 1.89. The zero-order chi connectivity index (χ0) is 14.6. The molecule has 5 nitrogen and oxygen atoms in total. The number of esters is 1. The summed E-state index contributed by atoms with van der Waals surface area (Å²) in [5.74, 6) is -2.47. The first kappa shape index (κ1) is 15.3. The smallest absolute Gasteiger partial charge is 0.378 e. The fraction of sp³-hybridized carbons (Fsp3) is 0.167. The maximum absolute atomic E-state index is 11.3. The molecule has 102 valence electrons. The Balaban J connectivity index is 3.26. The lowest BCUT2D eigenvalue weighted by atomic mass is 10.1. The van der Waals surface area contributed by atoms with Crippen molar-refractivity contribution in [1.29, 1.82) is 0 Å². The molecule has 19 heavy (non-hydrogen) atoms. The Morgan fingerprint density at radius 3 is 2.42 bits per heavy atom. The lowest BCUT2D eigenvalue weighted by Gasteiger charge is -2.10. The van der Waals surface area contributed by atoms with Gasteiger partial charge in [-0.1, -0.05) is 23.2 Å². The van der Waals surface area contributed by atoms with Crippen LogP contribution in [-0.2, 0) is 14.3 Å². The van der Waals surface area contributed by atoms with E-state index in [0.717, 1.165) is 7.11 Å². The first-order valence-corrected chi connectivity index (χ1v) is 5.72. The molecule has 0 atom stereocenters. The maximum Gasteiger partial charge on any atom is 0.378 e. The van der Waals surface area contributed by atoms with Crippen LogP contribution in [0.2, 0.25) is 10.0 Å². The molecule has 0 fully saturated rings. The van der Waals surface area contributed by atoms with Crippen LogP contribution in [0, 0.1) is 0 Å². The Bertz CT molecular complexity index is 551. The second-order valence-electron chi connectivity index (χ2n) is 3.35. The zero-order valence-corrected chi connectivity index (χ0v) is 11.6. The lowest BCUT2D eigenvalue weighted by Crippen LogP contribution is -2.13. The summed E-state index contributed by atoms with van der Waals surface area (Å²) in [6.07, 6.45) is 0.698. The van der Waals surface area contributed by atoms with Crippen LogP contribution in [0.25, 0.3) is 5.76 Å². The standard InChI is InChI=1S/C12H10Cl2O5/c1-18-10-4-6(13)3-7(14)11(10)8(15)5-9(16)12(17)19-2/h3-5,15H,1-2H3/b8-5-. The average molecular weight is 305 g/mol. The first-order valence-electron chi connectivity index (χ1n) is 4.97. The van der Waals surface area contributed by atoms with E-state index in [1.807, 2.05) is 0 Å². The third kappa shape index (κ3) is 3.62. The molecule has 0 radical (unpaired) electrons. The lowest BCUT2D eigenvalue weighted by molar-refractivity contribution is -0.149. The molecule has 0 saturated carbocycles. The second kappa shape index (κ2) is 6.45. The van der Waals surface area contributed by atoms with Gasteiger partial charge >= 0.3 is 5.97 Å². The van der Waals surface area contributed by atoms with Crippen LogP contribution in [0.5, 0.6) is 5.75 Å². The third-order valence-corrected chi connectivity index (χ3v) is 2.67. The maximum atomic E-state index is 11.3. The van der Waals surface area contributed by atoms with Crippen LogP contribution in [0.1, 0.15) is 5.56 Å². The zero-order valence-electron chi connectivity index (χ0n) is 10.1. The normalized spacial score (nSPS) is 11.1. The Morgan fingerprint density at radius 2 is 1.89 bits per heavy atom. The molecule has 0 aromatic heterocycles. The van der Waals surface area contributed by atoms with E-state index in [1.165, 1.54) is 19.2 Å². The minimum absolute atomic E-state index is 0.0609. The van der Waals surface area contributed by atoms with E-state index in [-0.39, 0.29) is 16.3 Å². The van der Waals surface area contributed by atoms with Gasteiger partial charge in [-0.15, -0.1) is 0 Å². The number of carbonyl (C=O) groups is 2. The molecule has 0 heterocycles. The topological polar surface area (TPSA) is 72.8 Å². The van der Waals surface area contributed by atoms with E-state index in [4.69, 9.17) is 27.9 Å². The fourth-order valence-electron chi connectivity index (χ4n) is 1.32. The number of ketones is 1. The highest BCUT2D eigenvalue weighted by molar-refractivity contribution is 6.40. The predicted octanol–water partition coefficient (Wildman–Crippen LogP) is 2.64. The molecule has 1 N–H and O–H groups in total. The first-order chi connectivity index (χ1) is 8.90. The Hall–Kier alpha value is -1.72. The van der Waals surface area contributed by atoms with Gasteiger partial charge in [0.25, 0.3) is 5.78 Å². The number of ether oxygens (including phenoxy) is 2. The second-order valence-corrected chi connectivity index (χ2v) is 4.19. The number of rotatable bonds is 4. The summed E-state index contributed by atoms with van der Waals surface area (Å²) < 4.78 is 9.22. The van der Waals surface area contributed by atoms with E-state index < -0.39 is 17.5 Å². The molecule has 0 aliphatic rings. The van der Waals surface area contributed by atoms with Crippen molar-refractivity contribution in [2.24, 2.45) is 0 Å². The molecule has 0 aliphatic heterocycles. The molecule has 0 amide bonds. The summed E-state index contributed by atoms with van der Waals surface area (Å²) in [5.41, 5.74) is 0.0609. The van der Waals surface area contributed by atoms with Gasteiger partial charge < -0.3 is 14.6 Å². The van der Waals surface area contributed by atoms with E-state index in [2.05, 4.69) is 4.74 Å². The number of hydrogen-bond acceptors (Lipinski definition) is 5. The molecular weight excluding hydrogens is 295 g/mol. The molecular formula is C12H10Cl2O5. The van der Waals surface area contributed by atoms with Crippen molar-refractivity contribution in [3.63, 3.8) is 0 Å². The SMILES string of the molecule is COC(=O)C(=O)/C=C(\O)c1c(Cl)cc(Cl)cc1OC. The van der Waals surface area contributed by atoms with Gasteiger partial charge in [-0.3, -0.25) is 4.79 Å². The Kier molecular flexibility index (Phi) is 5.20. The summed E-state index contributed by atoms with van der Waals surface area (Å²) in [5, 5.41) is 10.2. The third-order valence-electron chi connectivity index (χ3n) is 2.15. The van der Waals surface area contributed by atoms with Crippen LogP contribution >= 0.6 is 23.2 Å². The van der Waals surface area contributed by atoms with Crippen molar-refractivity contribution in [2.75, 3.05) is 14.2 Å². The summed E-state index contributed by atoms with van der Waals surface area (Å²) in [4.78, 5) is 22.3. The van der Waals surface area contributed by atoms with Crippen LogP contribution in [-0.4, -0.2) is 31.1 Å². The van der Waals surface area contributed by atoms with Gasteiger partial charge in [0.05, 0.1) is 24.8 Å². The van der Waals surface area contributed by atoms with Crippen molar-refractivity contribution in [3.8, 4) is 5.75 Å². The van der Waals surface area contributed by atoms with Gasteiger partial charge in [0.15, 0.2) is 0 Å². The largest absolute Gasteiger partial charge is 0.507 e. The van der Waals surface area contributed by atoms with Crippen LogP contribution in [0.3, 0.4) is 0 Å². The van der Waals surface area contributed by atoms with E-state index in [1.54, 1.807) is 0 Å². The molecule has 0 aliphatic carbocycles. The quantitative estimate of drug-likeness (QED) is 0.401. The highest BCUT2D eigenvalue weighted by Crippen LogP contribution is 2.34. The number of methoxy groups -OCH3 is 2. The Labute approximate surface area is 119 Å². The minimum atomic E-state index is -1.10. The monoisotopic (exact) mass is 304 g/mol. The number of halogens is 2. The predicted molar refractivity (Wildman–Crippen MR) is 70.6 cm³/mol. The number of benzene rings is 1. The summed E-state index contributed by atoms with van der Waals surface area (Å²) in [6.45, 7) is 0. The highest BCUT2D eigenvalue weighted by atomic mass is 35.5. The van der Waals surface area contributed by atoms with Gasteiger partial charge in [-0.2, -0.15) is 0 Å². The van der Waals surface area contributed by atoms with Crippen LogP contribution in [0.15, 0.2) is 18.2 Å². The van der Waals surface area contributed by atoms with Crippen molar-refractivity contribution >= 4 is 40.7 Å². The molecule has 0 bridgehead atoms. The van der Waals surface area contributed by atoms with Gasteiger partial charge in [0.1, 0.15) is 11.5 Å². The summed E-state index contributed by atoms with van der Waals surface area (Å²) in [6, 6.07) is 2.78. The van der Waals surface area contributed by atoms with E-state index in [0.29, 0.717) is 11.1 Å². The van der Waals surface area contributed by atoms with Gasteiger partial charge in [-0.05, 0) is 12.1 Å². The van der Waals surface area contributed by atoms with Crippen molar-refractivity contribution < 1.29 is 24.2 Å². The number of aliphatic hydroxyl groups excluding tert-OH is 1. The number of carbonyl (C=O) groups excluding carboxylic acids is 2. The molecule has 1 aromatic carbocycles. The molecule has 0 saturated heterocycles. The minimum Gasteiger partial charge on any atom is -0.507 e. The van der Waals surface area contributed by atoms with Crippen LogP contribution < -0.4 is 4.74 Å². The number of aliphatic hydroxyl groups is 1. The van der Waals surface area contributed by atoms with Crippen molar-refractivity contribution in [3.05, 3.63) is 33.8 Å². The molecule has 1 rings (SSSR count). The van der Waals surface area contributed by atoms with Gasteiger partial charge in [0, 0.05) is 11.1 Å². The highest BCUT2D eigenvalue weighted by Gasteiger charge is 2.18. The van der Waals surface area contributed by atoms with Crippen LogP contribution in [0.4, 0.5) is 0 Å². The molecule has 0 unspecified atom stereocenters. The van der Waals surface area contributed by atoms with E-state index in [9.17, 15) is 14.7 Å². The van der Waals surface area contributed by atoms with Gasteiger partial charge in [-0.25, -0.2) is 4.79 Å².